The second-order valence-corrected chi connectivity index (χ2v) is 6.12. The summed E-state index contributed by atoms with van der Waals surface area (Å²) < 4.78 is 5.20. The Morgan fingerprint density at radius 3 is 2.41 bits per heavy atom. The Kier molecular flexibility index (Phi) is 5.94. The fourth-order valence-electron chi connectivity index (χ4n) is 2.66. The van der Waals surface area contributed by atoms with Gasteiger partial charge in [0.05, 0.1) is 12.1 Å². The molecule has 0 saturated heterocycles. The van der Waals surface area contributed by atoms with Gasteiger partial charge in [-0.1, -0.05) is 42.5 Å². The van der Waals surface area contributed by atoms with Gasteiger partial charge in [-0.2, -0.15) is 0 Å². The first-order valence-corrected chi connectivity index (χ1v) is 8.61. The lowest BCUT2D eigenvalue weighted by Crippen LogP contribution is -2.34. The highest BCUT2D eigenvalue weighted by molar-refractivity contribution is 5.97. The average Bonchev–Trinajstić information content (AvgIpc) is 2.71. The van der Waals surface area contributed by atoms with Crippen molar-refractivity contribution >= 4 is 17.6 Å². The molecule has 0 aliphatic carbocycles. The van der Waals surface area contributed by atoms with Gasteiger partial charge in [-0.3, -0.25) is 9.78 Å². The fourth-order valence-corrected chi connectivity index (χ4v) is 2.66. The summed E-state index contributed by atoms with van der Waals surface area (Å²) >= 11 is 0. The molecule has 5 nitrogen and oxygen atoms in total. The molecule has 1 heterocycles. The summed E-state index contributed by atoms with van der Waals surface area (Å²) in [4.78, 5) is 30.4. The van der Waals surface area contributed by atoms with Crippen LogP contribution in [0.1, 0.15) is 21.5 Å². The van der Waals surface area contributed by atoms with Gasteiger partial charge in [-0.15, -0.1) is 0 Å². The summed E-state index contributed by atoms with van der Waals surface area (Å²) in [6, 6.07) is 20.5. The number of carbonyl (C=O) groups is 2. The maximum absolute atomic E-state index is 12.8. The van der Waals surface area contributed by atoms with Crippen LogP contribution in [0.4, 0.5) is 5.69 Å². The van der Waals surface area contributed by atoms with Crippen LogP contribution in [0, 0.1) is 6.92 Å². The molecule has 0 saturated carbocycles. The van der Waals surface area contributed by atoms with E-state index in [2.05, 4.69) is 4.98 Å². The van der Waals surface area contributed by atoms with Gasteiger partial charge in [0.15, 0.2) is 6.61 Å². The van der Waals surface area contributed by atoms with Crippen LogP contribution in [0.25, 0.3) is 0 Å². The highest BCUT2D eigenvalue weighted by atomic mass is 16.5. The molecule has 0 unspecified atom stereocenters. The molecule has 1 amide bonds. The minimum absolute atomic E-state index is 0.285. The normalized spacial score (nSPS) is 10.3. The molecule has 3 rings (SSSR count). The first-order chi connectivity index (χ1) is 13.1. The number of hydrogen-bond donors (Lipinski definition) is 0. The number of pyridine rings is 1. The van der Waals surface area contributed by atoms with E-state index in [0.717, 1.165) is 16.8 Å². The minimum Gasteiger partial charge on any atom is -0.452 e. The molecule has 0 radical (unpaired) electrons. The number of ether oxygens (including phenoxy) is 1. The maximum Gasteiger partial charge on any atom is 0.338 e. The van der Waals surface area contributed by atoms with E-state index in [0.29, 0.717) is 12.1 Å². The molecule has 3 aromatic rings. The van der Waals surface area contributed by atoms with E-state index < -0.39 is 5.97 Å². The van der Waals surface area contributed by atoms with Crippen molar-refractivity contribution in [1.82, 2.24) is 4.98 Å². The Balaban J connectivity index is 1.75. The zero-order chi connectivity index (χ0) is 19.1. The molecule has 0 N–H and O–H groups in total. The van der Waals surface area contributed by atoms with Crippen LogP contribution in [-0.4, -0.2) is 23.5 Å². The van der Waals surface area contributed by atoms with Gasteiger partial charge >= 0.3 is 5.97 Å². The third-order valence-electron chi connectivity index (χ3n) is 4.04. The number of anilines is 1. The van der Waals surface area contributed by atoms with Crippen molar-refractivity contribution < 1.29 is 14.3 Å². The highest BCUT2D eigenvalue weighted by Crippen LogP contribution is 2.19. The first kappa shape index (κ1) is 18.3. The zero-order valence-electron chi connectivity index (χ0n) is 15.0. The van der Waals surface area contributed by atoms with E-state index in [9.17, 15) is 9.59 Å². The van der Waals surface area contributed by atoms with Crippen molar-refractivity contribution in [1.29, 1.82) is 0 Å². The number of amides is 1. The molecule has 1 aromatic heterocycles. The smallest absolute Gasteiger partial charge is 0.338 e. The van der Waals surface area contributed by atoms with Crippen LogP contribution in [0.15, 0.2) is 79.1 Å². The summed E-state index contributed by atoms with van der Waals surface area (Å²) in [7, 11) is 0. The monoisotopic (exact) mass is 360 g/mol. The van der Waals surface area contributed by atoms with Crippen molar-refractivity contribution in [2.75, 3.05) is 11.5 Å². The van der Waals surface area contributed by atoms with Crippen LogP contribution < -0.4 is 4.90 Å². The minimum atomic E-state index is -0.547. The van der Waals surface area contributed by atoms with Crippen LogP contribution in [0.5, 0.6) is 0 Å². The number of nitrogens with zero attached hydrogens (tertiary/aromatic N) is 2. The number of aromatic nitrogens is 1. The van der Waals surface area contributed by atoms with E-state index in [1.807, 2.05) is 61.5 Å². The summed E-state index contributed by atoms with van der Waals surface area (Å²) in [6.45, 7) is 2.04. The molecule has 2 aromatic carbocycles. The second kappa shape index (κ2) is 8.76. The number of aryl methyl sites for hydroxylation is 1. The molecule has 27 heavy (non-hydrogen) atoms. The van der Waals surface area contributed by atoms with Crippen LogP contribution >= 0.6 is 0 Å². The summed E-state index contributed by atoms with van der Waals surface area (Å²) in [5, 5.41) is 0. The van der Waals surface area contributed by atoms with Crippen LogP contribution in [0.2, 0.25) is 0 Å². The molecule has 0 atom stereocenters. The Bertz CT molecular complexity index is 911. The Morgan fingerprint density at radius 2 is 1.70 bits per heavy atom. The molecule has 0 aliphatic heterocycles. The van der Waals surface area contributed by atoms with Crippen LogP contribution in [0.3, 0.4) is 0 Å². The van der Waals surface area contributed by atoms with Gasteiger partial charge in [-0.05, 0) is 42.3 Å². The maximum atomic E-state index is 12.8. The van der Waals surface area contributed by atoms with Crippen molar-refractivity contribution in [3.63, 3.8) is 0 Å². The number of benzene rings is 2. The molecule has 0 aliphatic rings. The van der Waals surface area contributed by atoms with E-state index in [-0.39, 0.29) is 12.5 Å². The van der Waals surface area contributed by atoms with E-state index in [1.54, 1.807) is 17.0 Å². The van der Waals surface area contributed by atoms with Gasteiger partial charge in [0.1, 0.15) is 0 Å². The largest absolute Gasteiger partial charge is 0.452 e. The molecular weight excluding hydrogens is 340 g/mol. The number of rotatable bonds is 6. The van der Waals surface area contributed by atoms with Crippen molar-refractivity contribution in [3.05, 3.63) is 95.8 Å². The zero-order valence-corrected chi connectivity index (χ0v) is 15.0. The van der Waals surface area contributed by atoms with Crippen molar-refractivity contribution in [3.8, 4) is 0 Å². The van der Waals surface area contributed by atoms with Crippen molar-refractivity contribution in [2.24, 2.45) is 0 Å². The first-order valence-electron chi connectivity index (χ1n) is 8.61. The summed E-state index contributed by atoms with van der Waals surface area (Å²) in [5.41, 5.74) is 3.17. The third kappa shape index (κ3) is 5.01. The van der Waals surface area contributed by atoms with Crippen molar-refractivity contribution in [2.45, 2.75) is 13.5 Å². The van der Waals surface area contributed by atoms with Gasteiger partial charge in [0, 0.05) is 18.1 Å². The Hall–Kier alpha value is -3.47. The summed E-state index contributed by atoms with van der Waals surface area (Å²) in [6.07, 6.45) is 3.01. The second-order valence-electron chi connectivity index (χ2n) is 6.12. The lowest BCUT2D eigenvalue weighted by atomic mass is 10.1. The average molecular weight is 360 g/mol. The van der Waals surface area contributed by atoms with E-state index in [4.69, 9.17) is 4.74 Å². The van der Waals surface area contributed by atoms with E-state index in [1.165, 1.54) is 12.4 Å². The fraction of sp³-hybridized carbons (Fsp3) is 0.136. The standard InChI is InChI=1S/C22H20N2O3/c1-17-6-5-9-20(14-17)24(15-18-7-3-2-4-8-18)21(25)16-27-22(26)19-10-12-23-13-11-19/h2-14H,15-16H2,1H3. The topological polar surface area (TPSA) is 59.5 Å². The summed E-state index contributed by atoms with van der Waals surface area (Å²) in [5.74, 6) is -0.832. The molecule has 5 heteroatoms. The van der Waals surface area contributed by atoms with Gasteiger partial charge < -0.3 is 9.64 Å². The van der Waals surface area contributed by atoms with Gasteiger partial charge in [-0.25, -0.2) is 4.79 Å². The Morgan fingerprint density at radius 1 is 0.963 bits per heavy atom. The quantitative estimate of drug-likeness (QED) is 0.628. The molecule has 0 spiro atoms. The molecular formula is C22H20N2O3. The third-order valence-corrected chi connectivity index (χ3v) is 4.04. The Labute approximate surface area is 158 Å². The van der Waals surface area contributed by atoms with Gasteiger partial charge in [0.2, 0.25) is 0 Å². The lowest BCUT2D eigenvalue weighted by molar-refractivity contribution is -0.121. The van der Waals surface area contributed by atoms with Gasteiger partial charge in [0.25, 0.3) is 5.91 Å². The number of esters is 1. The number of carbonyl (C=O) groups excluding carboxylic acids is 2. The predicted octanol–water partition coefficient (Wildman–Crippen LogP) is 3.78. The number of hydrogen-bond acceptors (Lipinski definition) is 4. The molecule has 0 fully saturated rings. The molecule has 0 bridgehead atoms. The van der Waals surface area contributed by atoms with Crippen LogP contribution in [-0.2, 0) is 16.1 Å². The SMILES string of the molecule is Cc1cccc(N(Cc2ccccc2)C(=O)COC(=O)c2ccncc2)c1. The molecule has 136 valence electrons. The van der Waals surface area contributed by atoms with E-state index >= 15 is 0 Å². The highest BCUT2D eigenvalue weighted by Gasteiger charge is 2.19. The predicted molar refractivity (Wildman–Crippen MR) is 103 cm³/mol. The lowest BCUT2D eigenvalue weighted by Gasteiger charge is -2.23.